The average molecular weight is 312 g/mol. The number of imidazole rings is 1. The highest BCUT2D eigenvalue weighted by Gasteiger charge is 2.27. The van der Waals surface area contributed by atoms with E-state index in [-0.39, 0.29) is 18.2 Å². The second kappa shape index (κ2) is 7.19. The number of rotatable bonds is 5. The molecule has 0 aliphatic carbocycles. The van der Waals surface area contributed by atoms with Crippen molar-refractivity contribution in [3.8, 4) is 0 Å². The minimum Gasteiger partial charge on any atom is -0.385 e. The molecule has 1 aliphatic rings. The minimum absolute atomic E-state index is 0.0592. The van der Waals surface area contributed by atoms with Crippen LogP contribution in [0.3, 0.4) is 0 Å². The largest absolute Gasteiger partial charge is 0.385 e. The Kier molecular flexibility index (Phi) is 5.52. The number of piperidine rings is 1. The van der Waals surface area contributed by atoms with Crippen LogP contribution in [0.25, 0.3) is 0 Å². The lowest BCUT2D eigenvalue weighted by Crippen LogP contribution is -2.44. The van der Waals surface area contributed by atoms with Crippen molar-refractivity contribution in [2.75, 3.05) is 27.2 Å². The third-order valence-electron chi connectivity index (χ3n) is 4.30. The van der Waals surface area contributed by atoms with Crippen LogP contribution in [-0.2, 0) is 4.79 Å². The van der Waals surface area contributed by atoms with Gasteiger partial charge in [0.15, 0.2) is 6.30 Å². The number of hydrogen-bond acceptors (Lipinski definition) is 4. The van der Waals surface area contributed by atoms with E-state index in [0.717, 1.165) is 12.8 Å². The molecule has 2 unspecified atom stereocenters. The number of alkyl halides is 1. The fourth-order valence-corrected chi connectivity index (χ4v) is 2.90. The molecule has 22 heavy (non-hydrogen) atoms. The van der Waals surface area contributed by atoms with Gasteiger partial charge in [-0.25, -0.2) is 9.37 Å². The third kappa shape index (κ3) is 3.84. The van der Waals surface area contributed by atoms with Gasteiger partial charge in [-0.1, -0.05) is 0 Å². The van der Waals surface area contributed by atoms with Crippen LogP contribution in [0.15, 0.2) is 12.4 Å². The van der Waals surface area contributed by atoms with Gasteiger partial charge in [0.1, 0.15) is 11.9 Å². The fraction of sp³-hybridized carbons (Fsp3) is 0.733. The first-order chi connectivity index (χ1) is 10.4. The van der Waals surface area contributed by atoms with Gasteiger partial charge in [0.25, 0.3) is 0 Å². The summed E-state index contributed by atoms with van der Waals surface area (Å²) in [6, 6.07) is 0.500. The summed E-state index contributed by atoms with van der Waals surface area (Å²) in [5.41, 5.74) is 0. The number of aromatic nitrogens is 2. The van der Waals surface area contributed by atoms with Gasteiger partial charge in [0, 0.05) is 31.5 Å². The SMILES string of the molecule is CC(F)n1ccnc1C(O)CC(=O)N1CCC(N(C)C)CC1. The number of carbonyl (C=O) groups is 1. The molecule has 1 saturated heterocycles. The monoisotopic (exact) mass is 312 g/mol. The molecule has 1 amide bonds. The zero-order valence-electron chi connectivity index (χ0n) is 13.4. The maximum Gasteiger partial charge on any atom is 0.225 e. The van der Waals surface area contributed by atoms with Crippen LogP contribution >= 0.6 is 0 Å². The number of nitrogens with zero attached hydrogens (tertiary/aromatic N) is 4. The minimum atomic E-state index is -1.28. The normalized spacial score (nSPS) is 19.5. The molecular formula is C15H25FN4O2. The van der Waals surface area contributed by atoms with Crippen molar-refractivity contribution in [3.63, 3.8) is 0 Å². The summed E-state index contributed by atoms with van der Waals surface area (Å²) < 4.78 is 14.7. The predicted molar refractivity (Wildman–Crippen MR) is 80.9 cm³/mol. The van der Waals surface area contributed by atoms with Gasteiger partial charge in [0.2, 0.25) is 5.91 Å². The summed E-state index contributed by atoms with van der Waals surface area (Å²) in [4.78, 5) is 20.2. The van der Waals surface area contributed by atoms with Crippen molar-refractivity contribution in [1.29, 1.82) is 0 Å². The molecule has 0 spiro atoms. The first kappa shape index (κ1) is 16.9. The molecule has 2 atom stereocenters. The number of aliphatic hydroxyl groups is 1. The van der Waals surface area contributed by atoms with Gasteiger partial charge in [0.05, 0.1) is 6.42 Å². The number of halogens is 1. The van der Waals surface area contributed by atoms with Gasteiger partial charge in [-0.2, -0.15) is 0 Å². The molecule has 2 heterocycles. The van der Waals surface area contributed by atoms with E-state index in [4.69, 9.17) is 0 Å². The Morgan fingerprint density at radius 2 is 2.14 bits per heavy atom. The Balaban J connectivity index is 1.91. The van der Waals surface area contributed by atoms with Gasteiger partial charge in [-0.05, 0) is 33.9 Å². The molecule has 1 aliphatic heterocycles. The molecule has 0 radical (unpaired) electrons. The predicted octanol–water partition coefficient (Wildman–Crippen LogP) is 1.35. The van der Waals surface area contributed by atoms with Crippen LogP contribution in [0, 0.1) is 0 Å². The van der Waals surface area contributed by atoms with Gasteiger partial charge < -0.3 is 19.5 Å². The van der Waals surface area contributed by atoms with Crippen molar-refractivity contribution < 1.29 is 14.3 Å². The second-order valence-corrected chi connectivity index (χ2v) is 6.06. The Bertz CT molecular complexity index is 495. The van der Waals surface area contributed by atoms with Gasteiger partial charge in [-0.15, -0.1) is 0 Å². The Hall–Kier alpha value is -1.47. The molecule has 1 aromatic rings. The molecule has 7 heteroatoms. The van der Waals surface area contributed by atoms with Crippen LogP contribution in [0.1, 0.15) is 44.4 Å². The molecule has 1 N–H and O–H groups in total. The maximum atomic E-state index is 13.4. The summed E-state index contributed by atoms with van der Waals surface area (Å²) in [6.45, 7) is 2.76. The Morgan fingerprint density at radius 3 is 2.68 bits per heavy atom. The fourth-order valence-electron chi connectivity index (χ4n) is 2.90. The molecule has 1 aromatic heterocycles. The quantitative estimate of drug-likeness (QED) is 0.891. The Labute approximate surface area is 130 Å². The van der Waals surface area contributed by atoms with Gasteiger partial charge >= 0.3 is 0 Å². The molecular weight excluding hydrogens is 287 g/mol. The second-order valence-electron chi connectivity index (χ2n) is 6.06. The standard InChI is InChI=1S/C15H25FN4O2/c1-11(16)20-9-6-17-15(20)13(21)10-14(22)19-7-4-12(5-8-19)18(2)3/h6,9,11-13,21H,4-5,7-8,10H2,1-3H3. The van der Waals surface area contributed by atoms with E-state index in [2.05, 4.69) is 9.88 Å². The summed E-state index contributed by atoms with van der Waals surface area (Å²) in [7, 11) is 4.09. The lowest BCUT2D eigenvalue weighted by Gasteiger charge is -2.35. The van der Waals surface area contributed by atoms with Crippen molar-refractivity contribution in [2.45, 2.75) is 44.6 Å². The first-order valence-electron chi connectivity index (χ1n) is 7.69. The van der Waals surface area contributed by atoms with Crippen LogP contribution in [0.4, 0.5) is 4.39 Å². The van der Waals surface area contributed by atoms with Crippen molar-refractivity contribution in [3.05, 3.63) is 18.2 Å². The van der Waals surface area contributed by atoms with Crippen LogP contribution in [0.5, 0.6) is 0 Å². The van der Waals surface area contributed by atoms with Crippen LogP contribution in [0.2, 0.25) is 0 Å². The zero-order valence-corrected chi connectivity index (χ0v) is 13.4. The highest BCUT2D eigenvalue weighted by atomic mass is 19.1. The number of aliphatic hydroxyl groups excluding tert-OH is 1. The third-order valence-corrected chi connectivity index (χ3v) is 4.30. The molecule has 6 nitrogen and oxygen atoms in total. The average Bonchev–Trinajstić information content (AvgIpc) is 2.97. The van der Waals surface area contributed by atoms with Gasteiger partial charge in [-0.3, -0.25) is 4.79 Å². The van der Waals surface area contributed by atoms with E-state index in [9.17, 15) is 14.3 Å². The lowest BCUT2D eigenvalue weighted by atomic mass is 10.0. The summed E-state index contributed by atoms with van der Waals surface area (Å²) in [5.74, 6) is 0.0947. The van der Waals surface area contributed by atoms with E-state index in [1.807, 2.05) is 14.1 Å². The number of amides is 1. The van der Waals surface area contributed by atoms with E-state index in [0.29, 0.717) is 19.1 Å². The van der Waals surface area contributed by atoms with E-state index < -0.39 is 12.4 Å². The van der Waals surface area contributed by atoms with E-state index in [1.54, 1.807) is 4.90 Å². The number of hydrogen-bond donors (Lipinski definition) is 1. The smallest absolute Gasteiger partial charge is 0.225 e. The maximum absolute atomic E-state index is 13.4. The molecule has 0 saturated carbocycles. The topological polar surface area (TPSA) is 61.6 Å². The summed E-state index contributed by atoms with van der Waals surface area (Å²) >= 11 is 0. The van der Waals surface area contributed by atoms with Crippen molar-refractivity contribution in [2.24, 2.45) is 0 Å². The molecule has 2 rings (SSSR count). The van der Waals surface area contributed by atoms with E-state index >= 15 is 0 Å². The highest BCUT2D eigenvalue weighted by molar-refractivity contribution is 5.76. The van der Waals surface area contributed by atoms with Crippen LogP contribution < -0.4 is 0 Å². The van der Waals surface area contributed by atoms with Crippen LogP contribution in [-0.4, -0.2) is 63.6 Å². The van der Waals surface area contributed by atoms with E-state index in [1.165, 1.54) is 23.9 Å². The number of likely N-dealkylation sites (tertiary alicyclic amines) is 1. The van der Waals surface area contributed by atoms with Crippen molar-refractivity contribution >= 4 is 5.91 Å². The summed E-state index contributed by atoms with van der Waals surface area (Å²) in [5, 5.41) is 10.2. The first-order valence-corrected chi connectivity index (χ1v) is 7.69. The molecule has 0 aromatic carbocycles. The highest BCUT2D eigenvalue weighted by Crippen LogP contribution is 2.22. The lowest BCUT2D eigenvalue weighted by molar-refractivity contribution is -0.135. The Morgan fingerprint density at radius 1 is 1.50 bits per heavy atom. The molecule has 1 fully saturated rings. The van der Waals surface area contributed by atoms with Crippen molar-refractivity contribution in [1.82, 2.24) is 19.4 Å². The summed E-state index contributed by atoms with van der Waals surface area (Å²) in [6.07, 6.45) is 2.36. The number of carbonyl (C=O) groups excluding carboxylic acids is 1. The molecule has 0 bridgehead atoms. The molecule has 124 valence electrons. The zero-order chi connectivity index (χ0) is 16.3.